The number of pyridine rings is 1. The molecule has 0 radical (unpaired) electrons. The van der Waals surface area contributed by atoms with E-state index < -0.39 is 0 Å². The van der Waals surface area contributed by atoms with Crippen LogP contribution in [0.4, 0.5) is 0 Å². The molecule has 0 saturated carbocycles. The van der Waals surface area contributed by atoms with E-state index >= 15 is 0 Å². The van der Waals surface area contributed by atoms with Crippen LogP contribution in [0.15, 0.2) is 108 Å². The Morgan fingerprint density at radius 1 is 0.647 bits per heavy atom. The van der Waals surface area contributed by atoms with Crippen molar-refractivity contribution in [1.29, 1.82) is 5.26 Å². The molecular weight excluding hydrogens is 418 g/mol. The van der Waals surface area contributed by atoms with Crippen LogP contribution < -0.4 is 0 Å². The van der Waals surface area contributed by atoms with E-state index in [0.29, 0.717) is 11.1 Å². The minimum Gasteiger partial charge on any atom is -0.454 e. The average Bonchev–Trinajstić information content (AvgIpc) is 3.44. The van der Waals surface area contributed by atoms with E-state index in [1.54, 1.807) is 6.20 Å². The quantitative estimate of drug-likeness (QED) is 0.281. The van der Waals surface area contributed by atoms with Crippen LogP contribution >= 0.6 is 0 Å². The van der Waals surface area contributed by atoms with Gasteiger partial charge in [-0.2, -0.15) is 5.26 Å². The third kappa shape index (κ3) is 2.49. The largest absolute Gasteiger partial charge is 0.454 e. The highest BCUT2D eigenvalue weighted by Gasteiger charge is 2.20. The van der Waals surface area contributed by atoms with E-state index in [1.807, 2.05) is 66.7 Å². The Hall–Kier alpha value is -4.88. The molecule has 4 nitrogen and oxygen atoms in total. The number of nitriles is 1. The number of benzene rings is 4. The molecule has 0 unspecified atom stereocenters. The minimum absolute atomic E-state index is 0.521. The Labute approximate surface area is 194 Å². The normalized spacial score (nSPS) is 11.5. The lowest BCUT2D eigenvalue weighted by Gasteiger charge is -2.10. The Bertz CT molecular complexity index is 1870. The van der Waals surface area contributed by atoms with Gasteiger partial charge >= 0.3 is 0 Å². The maximum absolute atomic E-state index is 10.3. The van der Waals surface area contributed by atoms with Crippen LogP contribution in [0.3, 0.4) is 0 Å². The Morgan fingerprint density at radius 2 is 1.32 bits per heavy atom. The first-order valence-electron chi connectivity index (χ1n) is 11.1. The van der Waals surface area contributed by atoms with Gasteiger partial charge in [0.05, 0.1) is 22.4 Å². The summed E-state index contributed by atoms with van der Waals surface area (Å²) in [5.41, 5.74) is 6.55. The van der Waals surface area contributed by atoms with Crippen molar-refractivity contribution in [2.45, 2.75) is 0 Å². The molecule has 0 fully saturated rings. The molecule has 0 bridgehead atoms. The molecule has 4 aromatic carbocycles. The van der Waals surface area contributed by atoms with Gasteiger partial charge in [0.25, 0.3) is 0 Å². The average molecular weight is 435 g/mol. The third-order valence-corrected chi connectivity index (χ3v) is 6.52. The number of hydrogen-bond acceptors (Lipinski definition) is 3. The molecule has 3 aromatic heterocycles. The van der Waals surface area contributed by atoms with Crippen molar-refractivity contribution in [1.82, 2.24) is 9.55 Å². The molecule has 158 valence electrons. The molecular formula is C30H17N3O. The second-order valence-electron chi connectivity index (χ2n) is 8.32. The molecule has 0 aliphatic carbocycles. The number of nitrogens with zero attached hydrogens (tertiary/aromatic N) is 3. The first kappa shape index (κ1) is 18.7. The van der Waals surface area contributed by atoms with Crippen molar-refractivity contribution in [2.24, 2.45) is 0 Å². The summed E-state index contributed by atoms with van der Waals surface area (Å²) in [5, 5.41) is 14.5. The van der Waals surface area contributed by atoms with Gasteiger partial charge in [-0.05, 0) is 42.5 Å². The molecule has 4 heteroatoms. The van der Waals surface area contributed by atoms with Gasteiger partial charge in [-0.15, -0.1) is 0 Å². The summed E-state index contributed by atoms with van der Waals surface area (Å²) in [6.07, 6.45) is 1.78. The fourth-order valence-electron chi connectivity index (χ4n) is 5.05. The number of furan rings is 1. The second kappa shape index (κ2) is 7.06. The van der Waals surface area contributed by atoms with Gasteiger partial charge in [-0.1, -0.05) is 54.6 Å². The Morgan fingerprint density at radius 3 is 2.03 bits per heavy atom. The molecule has 0 aliphatic rings. The fourth-order valence-corrected chi connectivity index (χ4v) is 5.05. The van der Waals surface area contributed by atoms with Crippen molar-refractivity contribution < 1.29 is 4.42 Å². The Kier molecular flexibility index (Phi) is 3.88. The van der Waals surface area contributed by atoms with Crippen LogP contribution in [0.2, 0.25) is 0 Å². The summed E-state index contributed by atoms with van der Waals surface area (Å²) >= 11 is 0. The molecule has 34 heavy (non-hydrogen) atoms. The van der Waals surface area contributed by atoms with E-state index in [2.05, 4.69) is 46.0 Å². The Balaban J connectivity index is 1.59. The van der Waals surface area contributed by atoms with Gasteiger partial charge in [0, 0.05) is 33.3 Å². The zero-order valence-electron chi connectivity index (χ0n) is 18.1. The highest BCUT2D eigenvalue weighted by molar-refractivity contribution is 6.13. The van der Waals surface area contributed by atoms with Crippen molar-refractivity contribution in [3.05, 3.63) is 109 Å². The van der Waals surface area contributed by atoms with Gasteiger partial charge in [0.15, 0.2) is 5.58 Å². The van der Waals surface area contributed by atoms with Crippen molar-refractivity contribution in [2.75, 3.05) is 0 Å². The highest BCUT2D eigenvalue weighted by Crippen LogP contribution is 2.40. The number of para-hydroxylation sites is 3. The summed E-state index contributed by atoms with van der Waals surface area (Å²) in [4.78, 5) is 4.51. The van der Waals surface area contributed by atoms with Gasteiger partial charge in [-0.25, -0.2) is 0 Å². The van der Waals surface area contributed by atoms with E-state index in [0.717, 1.165) is 55.1 Å². The van der Waals surface area contributed by atoms with Crippen LogP contribution in [-0.2, 0) is 0 Å². The molecule has 0 atom stereocenters. The number of aromatic nitrogens is 2. The molecule has 7 aromatic rings. The van der Waals surface area contributed by atoms with Gasteiger partial charge < -0.3 is 8.98 Å². The van der Waals surface area contributed by atoms with Crippen LogP contribution in [-0.4, -0.2) is 9.55 Å². The smallest absolute Gasteiger partial charge is 0.155 e. The van der Waals surface area contributed by atoms with E-state index in [-0.39, 0.29) is 0 Å². The number of hydrogen-bond donors (Lipinski definition) is 0. The molecule has 7 rings (SSSR count). The SMILES string of the molecule is N#Cc1c(-n2c3ccccc3c3ccccc32)ccc2c1oc1c(-c3ccccn3)cccc12. The monoisotopic (exact) mass is 435 g/mol. The predicted molar refractivity (Wildman–Crippen MR) is 136 cm³/mol. The first-order valence-corrected chi connectivity index (χ1v) is 11.1. The van der Waals surface area contributed by atoms with E-state index in [1.165, 1.54) is 0 Å². The molecule has 0 spiro atoms. The summed E-state index contributed by atoms with van der Waals surface area (Å²) in [7, 11) is 0. The van der Waals surface area contributed by atoms with Crippen LogP contribution in [0.1, 0.15) is 5.56 Å². The van der Waals surface area contributed by atoms with Crippen LogP contribution in [0.5, 0.6) is 0 Å². The fraction of sp³-hybridized carbons (Fsp3) is 0. The molecule has 3 heterocycles. The maximum Gasteiger partial charge on any atom is 0.155 e. The first-order chi connectivity index (χ1) is 16.8. The summed E-state index contributed by atoms with van der Waals surface area (Å²) in [5.74, 6) is 0. The van der Waals surface area contributed by atoms with E-state index in [4.69, 9.17) is 4.42 Å². The van der Waals surface area contributed by atoms with Crippen molar-refractivity contribution in [3.63, 3.8) is 0 Å². The highest BCUT2D eigenvalue weighted by atomic mass is 16.3. The standard InChI is InChI=1S/C30H17N3O/c31-18-24-28(33-26-13-3-1-8-19(26)20-9-2-4-14-27(20)33)16-15-22-21-10-7-11-23(29(21)34-30(22)24)25-12-5-6-17-32-25/h1-17H. The van der Waals surface area contributed by atoms with Crippen molar-refractivity contribution >= 4 is 43.7 Å². The van der Waals surface area contributed by atoms with Gasteiger partial charge in [-0.3, -0.25) is 4.98 Å². The number of fused-ring (bicyclic) bond motifs is 6. The summed E-state index contributed by atoms with van der Waals surface area (Å²) in [6.45, 7) is 0. The molecule has 0 N–H and O–H groups in total. The number of rotatable bonds is 2. The van der Waals surface area contributed by atoms with Gasteiger partial charge in [0.2, 0.25) is 0 Å². The molecule has 0 aliphatic heterocycles. The van der Waals surface area contributed by atoms with Crippen LogP contribution in [0, 0.1) is 11.3 Å². The lowest BCUT2D eigenvalue weighted by Crippen LogP contribution is -1.97. The summed E-state index contributed by atoms with van der Waals surface area (Å²) < 4.78 is 8.61. The zero-order valence-corrected chi connectivity index (χ0v) is 18.1. The second-order valence-corrected chi connectivity index (χ2v) is 8.32. The summed E-state index contributed by atoms with van der Waals surface area (Å²) in [6, 6.07) is 35.0. The van der Waals surface area contributed by atoms with E-state index in [9.17, 15) is 5.26 Å². The minimum atomic E-state index is 0.521. The lowest BCUT2D eigenvalue weighted by atomic mass is 10.0. The lowest BCUT2D eigenvalue weighted by molar-refractivity contribution is 0.668. The zero-order chi connectivity index (χ0) is 22.6. The molecule has 0 amide bonds. The topological polar surface area (TPSA) is 54.8 Å². The predicted octanol–water partition coefficient (Wildman–Crippen LogP) is 7.62. The molecule has 0 saturated heterocycles. The van der Waals surface area contributed by atoms with Crippen molar-refractivity contribution in [3.8, 4) is 23.0 Å². The maximum atomic E-state index is 10.3. The third-order valence-electron chi connectivity index (χ3n) is 6.52. The van der Waals surface area contributed by atoms with Crippen LogP contribution in [0.25, 0.3) is 60.7 Å². The van der Waals surface area contributed by atoms with Gasteiger partial charge in [0.1, 0.15) is 17.2 Å².